The van der Waals surface area contributed by atoms with Gasteiger partial charge < -0.3 is 9.73 Å². The fourth-order valence-corrected chi connectivity index (χ4v) is 3.59. The minimum absolute atomic E-state index is 0.0652. The predicted molar refractivity (Wildman–Crippen MR) is 112 cm³/mol. The molecule has 1 amide bonds. The van der Waals surface area contributed by atoms with Crippen LogP contribution >= 0.6 is 11.8 Å². The lowest BCUT2D eigenvalue weighted by molar-refractivity contribution is -0.113. The Morgan fingerprint density at radius 3 is 2.64 bits per heavy atom. The van der Waals surface area contributed by atoms with Gasteiger partial charge in [0, 0.05) is 11.6 Å². The Balaban J connectivity index is 1.67. The zero-order valence-electron chi connectivity index (χ0n) is 16.7. The maximum atomic E-state index is 12.4. The standard InChI is InChI=1S/C21H26N4O2S/c1-14(2)16-7-5-8-17(11-16)22-19(26)13-28-21-24-23-20(15(3)4)25(21)12-18-9-6-10-27-18/h5-11,14-15H,12-13H2,1-4H3,(H,22,26). The van der Waals surface area contributed by atoms with E-state index in [-0.39, 0.29) is 17.6 Å². The molecule has 0 spiro atoms. The van der Waals surface area contributed by atoms with Gasteiger partial charge >= 0.3 is 0 Å². The summed E-state index contributed by atoms with van der Waals surface area (Å²) in [6, 6.07) is 11.7. The number of hydrogen-bond donors (Lipinski definition) is 1. The molecule has 0 saturated heterocycles. The van der Waals surface area contributed by atoms with Crippen molar-refractivity contribution >= 4 is 23.4 Å². The highest BCUT2D eigenvalue weighted by molar-refractivity contribution is 7.99. The fourth-order valence-electron chi connectivity index (χ4n) is 2.84. The smallest absolute Gasteiger partial charge is 0.234 e. The number of hydrogen-bond acceptors (Lipinski definition) is 5. The van der Waals surface area contributed by atoms with E-state index >= 15 is 0 Å². The van der Waals surface area contributed by atoms with Crippen LogP contribution in [0.25, 0.3) is 0 Å². The number of anilines is 1. The first-order valence-electron chi connectivity index (χ1n) is 9.42. The van der Waals surface area contributed by atoms with E-state index in [4.69, 9.17) is 4.42 Å². The van der Waals surface area contributed by atoms with Crippen LogP contribution < -0.4 is 5.32 Å². The average Bonchev–Trinajstić information content (AvgIpc) is 3.30. The highest BCUT2D eigenvalue weighted by Gasteiger charge is 2.17. The van der Waals surface area contributed by atoms with E-state index in [0.717, 1.165) is 17.3 Å². The zero-order chi connectivity index (χ0) is 20.1. The molecule has 0 aliphatic heterocycles. The van der Waals surface area contributed by atoms with Crippen LogP contribution in [0.1, 0.15) is 56.7 Å². The molecule has 1 N–H and O–H groups in total. The van der Waals surface area contributed by atoms with Crippen LogP contribution in [0.5, 0.6) is 0 Å². The van der Waals surface area contributed by atoms with Gasteiger partial charge in [-0.15, -0.1) is 10.2 Å². The van der Waals surface area contributed by atoms with Crippen molar-refractivity contribution in [2.75, 3.05) is 11.1 Å². The Bertz CT molecular complexity index is 916. The molecule has 0 aliphatic rings. The van der Waals surface area contributed by atoms with Crippen LogP contribution in [0.15, 0.2) is 52.2 Å². The molecule has 0 unspecified atom stereocenters. The van der Waals surface area contributed by atoms with E-state index in [1.807, 2.05) is 34.9 Å². The number of rotatable bonds is 8. The molecule has 3 rings (SSSR count). The first-order valence-corrected chi connectivity index (χ1v) is 10.4. The molecule has 3 aromatic rings. The summed E-state index contributed by atoms with van der Waals surface area (Å²) in [6.07, 6.45) is 1.65. The molecule has 148 valence electrons. The summed E-state index contributed by atoms with van der Waals surface area (Å²) in [7, 11) is 0. The van der Waals surface area contributed by atoms with Crippen molar-refractivity contribution in [1.82, 2.24) is 14.8 Å². The van der Waals surface area contributed by atoms with Crippen molar-refractivity contribution in [1.29, 1.82) is 0 Å². The van der Waals surface area contributed by atoms with Gasteiger partial charge in [0.05, 0.1) is 18.6 Å². The third kappa shape index (κ3) is 5.04. The van der Waals surface area contributed by atoms with Crippen molar-refractivity contribution in [2.45, 2.75) is 51.2 Å². The Morgan fingerprint density at radius 1 is 1.14 bits per heavy atom. The monoisotopic (exact) mass is 398 g/mol. The summed E-state index contributed by atoms with van der Waals surface area (Å²) < 4.78 is 7.48. The van der Waals surface area contributed by atoms with E-state index in [1.54, 1.807) is 6.26 Å². The molecule has 28 heavy (non-hydrogen) atoms. The summed E-state index contributed by atoms with van der Waals surface area (Å²) in [4.78, 5) is 12.4. The van der Waals surface area contributed by atoms with Crippen LogP contribution in [0.4, 0.5) is 5.69 Å². The van der Waals surface area contributed by atoms with E-state index in [2.05, 4.69) is 49.3 Å². The van der Waals surface area contributed by atoms with Gasteiger partial charge in [-0.2, -0.15) is 0 Å². The van der Waals surface area contributed by atoms with Gasteiger partial charge in [-0.05, 0) is 35.7 Å². The number of aromatic nitrogens is 3. The number of nitrogens with zero attached hydrogens (tertiary/aromatic N) is 3. The molecule has 6 nitrogen and oxygen atoms in total. The quantitative estimate of drug-likeness (QED) is 0.547. The second-order valence-corrected chi connectivity index (χ2v) is 8.22. The second kappa shape index (κ2) is 9.10. The fraction of sp³-hybridized carbons (Fsp3) is 0.381. The third-order valence-corrected chi connectivity index (χ3v) is 5.29. The molecule has 0 saturated carbocycles. The number of benzene rings is 1. The number of carbonyl (C=O) groups excluding carboxylic acids is 1. The van der Waals surface area contributed by atoms with Crippen molar-refractivity contribution in [3.8, 4) is 0 Å². The van der Waals surface area contributed by atoms with Gasteiger partial charge in [0.2, 0.25) is 5.91 Å². The van der Waals surface area contributed by atoms with Gasteiger partial charge in [0.15, 0.2) is 5.16 Å². The normalized spacial score (nSPS) is 11.4. The summed E-state index contributed by atoms with van der Waals surface area (Å²) >= 11 is 1.38. The Hall–Kier alpha value is -2.54. The summed E-state index contributed by atoms with van der Waals surface area (Å²) in [5.74, 6) is 2.55. The molecular formula is C21H26N4O2S. The number of nitrogens with one attached hydrogen (secondary N) is 1. The zero-order valence-corrected chi connectivity index (χ0v) is 17.5. The summed E-state index contributed by atoms with van der Waals surface area (Å²) in [5, 5.41) is 12.3. The second-order valence-electron chi connectivity index (χ2n) is 7.28. The predicted octanol–water partition coefficient (Wildman–Crippen LogP) is 4.90. The van der Waals surface area contributed by atoms with Gasteiger partial charge in [-0.3, -0.25) is 9.36 Å². The molecule has 2 aromatic heterocycles. The van der Waals surface area contributed by atoms with Crippen molar-refractivity contribution in [3.05, 3.63) is 59.8 Å². The van der Waals surface area contributed by atoms with Crippen LogP contribution in [0.3, 0.4) is 0 Å². The highest BCUT2D eigenvalue weighted by Crippen LogP contribution is 2.24. The van der Waals surface area contributed by atoms with Crippen molar-refractivity contribution in [2.24, 2.45) is 0 Å². The van der Waals surface area contributed by atoms with Gasteiger partial charge in [0.1, 0.15) is 11.6 Å². The van der Waals surface area contributed by atoms with Crippen LogP contribution in [-0.2, 0) is 11.3 Å². The molecule has 0 aliphatic carbocycles. The number of amides is 1. The lowest BCUT2D eigenvalue weighted by Gasteiger charge is -2.11. The first kappa shape index (κ1) is 20.2. The molecule has 0 radical (unpaired) electrons. The minimum atomic E-state index is -0.0652. The van der Waals surface area contributed by atoms with Crippen molar-refractivity contribution in [3.63, 3.8) is 0 Å². The topological polar surface area (TPSA) is 73.0 Å². The lowest BCUT2D eigenvalue weighted by Crippen LogP contribution is -2.15. The number of thioether (sulfide) groups is 1. The molecule has 0 bridgehead atoms. The molecule has 1 aromatic carbocycles. The average molecular weight is 399 g/mol. The number of furan rings is 1. The molecule has 2 heterocycles. The molecule has 7 heteroatoms. The van der Waals surface area contributed by atoms with Gasteiger partial charge in [-0.1, -0.05) is 51.6 Å². The molecule has 0 fully saturated rings. The van der Waals surface area contributed by atoms with Crippen LogP contribution in [0, 0.1) is 0 Å². The lowest BCUT2D eigenvalue weighted by atomic mass is 10.0. The van der Waals surface area contributed by atoms with E-state index in [1.165, 1.54) is 17.3 Å². The highest BCUT2D eigenvalue weighted by atomic mass is 32.2. The summed E-state index contributed by atoms with van der Waals surface area (Å²) in [6.45, 7) is 8.97. The largest absolute Gasteiger partial charge is 0.467 e. The minimum Gasteiger partial charge on any atom is -0.467 e. The van der Waals surface area contributed by atoms with Crippen LogP contribution in [0.2, 0.25) is 0 Å². The van der Waals surface area contributed by atoms with Gasteiger partial charge in [-0.25, -0.2) is 0 Å². The Labute approximate surface area is 169 Å². The number of carbonyl (C=O) groups is 1. The maximum Gasteiger partial charge on any atom is 0.234 e. The molecular weight excluding hydrogens is 372 g/mol. The van der Waals surface area contributed by atoms with Crippen molar-refractivity contribution < 1.29 is 9.21 Å². The van der Waals surface area contributed by atoms with Gasteiger partial charge in [0.25, 0.3) is 0 Å². The van der Waals surface area contributed by atoms with Crippen LogP contribution in [-0.4, -0.2) is 26.4 Å². The first-order chi connectivity index (χ1) is 13.4. The maximum absolute atomic E-state index is 12.4. The molecule has 0 atom stereocenters. The van der Waals surface area contributed by atoms with E-state index in [9.17, 15) is 4.79 Å². The Morgan fingerprint density at radius 2 is 1.96 bits per heavy atom. The SMILES string of the molecule is CC(C)c1cccc(NC(=O)CSc2nnc(C(C)C)n2Cc2ccco2)c1. The third-order valence-electron chi connectivity index (χ3n) is 4.33. The summed E-state index contributed by atoms with van der Waals surface area (Å²) in [5.41, 5.74) is 2.02. The van der Waals surface area contributed by atoms with E-state index in [0.29, 0.717) is 17.6 Å². The Kier molecular flexibility index (Phi) is 6.57. The van der Waals surface area contributed by atoms with E-state index < -0.39 is 0 Å².